The van der Waals surface area contributed by atoms with Crippen LogP contribution >= 0.6 is 0 Å². The van der Waals surface area contributed by atoms with E-state index >= 15 is 0 Å². The Kier molecular flexibility index (Phi) is 7.08. The van der Waals surface area contributed by atoms with E-state index in [9.17, 15) is 8.78 Å². The molecule has 0 amide bonds. The van der Waals surface area contributed by atoms with E-state index in [0.29, 0.717) is 5.69 Å². The highest BCUT2D eigenvalue weighted by Gasteiger charge is 2.25. The second kappa shape index (κ2) is 9.30. The maximum Gasteiger partial charge on any atom is 0.387 e. The molecular formula is C17H26F2N4O. The average Bonchev–Trinajstić information content (AvgIpc) is 3.01. The highest BCUT2D eigenvalue weighted by atomic mass is 19.3. The second-order valence-corrected chi connectivity index (χ2v) is 5.68. The normalized spacial score (nSPS) is 18.1. The maximum atomic E-state index is 12.6. The molecule has 1 aromatic carbocycles. The lowest BCUT2D eigenvalue weighted by molar-refractivity contribution is -0.0495. The Morgan fingerprint density at radius 2 is 2.17 bits per heavy atom. The minimum atomic E-state index is -2.82. The van der Waals surface area contributed by atoms with Crippen molar-refractivity contribution in [3.05, 3.63) is 24.3 Å². The molecule has 1 fully saturated rings. The molecule has 24 heavy (non-hydrogen) atoms. The van der Waals surface area contributed by atoms with Gasteiger partial charge >= 0.3 is 6.61 Å². The SMILES string of the molecule is CCCN=C(NCC)NC1CCN(c2ccccc2OC(F)F)C1. The molecule has 0 saturated carbocycles. The van der Waals surface area contributed by atoms with E-state index in [2.05, 4.69) is 32.2 Å². The van der Waals surface area contributed by atoms with Crippen molar-refractivity contribution in [2.45, 2.75) is 39.3 Å². The van der Waals surface area contributed by atoms with E-state index in [1.165, 1.54) is 0 Å². The zero-order valence-corrected chi connectivity index (χ0v) is 14.3. The average molecular weight is 340 g/mol. The molecule has 1 aliphatic heterocycles. The molecule has 134 valence electrons. The molecule has 0 spiro atoms. The van der Waals surface area contributed by atoms with Crippen molar-refractivity contribution < 1.29 is 13.5 Å². The number of rotatable bonds is 7. The minimum absolute atomic E-state index is 0.222. The maximum absolute atomic E-state index is 12.6. The Morgan fingerprint density at radius 3 is 2.88 bits per heavy atom. The molecule has 1 aliphatic rings. The number of ether oxygens (including phenoxy) is 1. The molecule has 1 unspecified atom stereocenters. The number of alkyl halides is 2. The van der Waals surface area contributed by atoms with Gasteiger partial charge in [-0.15, -0.1) is 0 Å². The second-order valence-electron chi connectivity index (χ2n) is 5.68. The van der Waals surface area contributed by atoms with Gasteiger partial charge in [-0.25, -0.2) is 0 Å². The lowest BCUT2D eigenvalue weighted by Crippen LogP contribution is -2.44. The molecule has 1 saturated heterocycles. The molecular weight excluding hydrogens is 314 g/mol. The van der Waals surface area contributed by atoms with Crippen LogP contribution in [0.3, 0.4) is 0 Å². The number of guanidine groups is 1. The lowest BCUT2D eigenvalue weighted by Gasteiger charge is -2.22. The molecule has 5 nitrogen and oxygen atoms in total. The molecule has 1 heterocycles. The number of hydrogen-bond acceptors (Lipinski definition) is 3. The summed E-state index contributed by atoms with van der Waals surface area (Å²) in [7, 11) is 0. The van der Waals surface area contributed by atoms with E-state index in [1.54, 1.807) is 12.1 Å². The van der Waals surface area contributed by atoms with Crippen LogP contribution in [0.15, 0.2) is 29.3 Å². The van der Waals surface area contributed by atoms with Gasteiger partial charge in [0.1, 0.15) is 5.75 Å². The first kappa shape index (κ1) is 18.3. The lowest BCUT2D eigenvalue weighted by atomic mass is 10.2. The highest BCUT2D eigenvalue weighted by Crippen LogP contribution is 2.31. The number of para-hydroxylation sites is 2. The molecule has 1 atom stereocenters. The fraction of sp³-hybridized carbons (Fsp3) is 0.588. The van der Waals surface area contributed by atoms with Gasteiger partial charge in [0.2, 0.25) is 0 Å². The molecule has 0 radical (unpaired) electrons. The smallest absolute Gasteiger partial charge is 0.387 e. The summed E-state index contributed by atoms with van der Waals surface area (Å²) in [5, 5.41) is 6.65. The van der Waals surface area contributed by atoms with Gasteiger partial charge in [0.25, 0.3) is 0 Å². The van der Waals surface area contributed by atoms with Crippen LogP contribution < -0.4 is 20.3 Å². The van der Waals surface area contributed by atoms with Gasteiger partial charge in [-0.1, -0.05) is 19.1 Å². The van der Waals surface area contributed by atoms with Crippen LogP contribution in [-0.2, 0) is 0 Å². The van der Waals surface area contributed by atoms with E-state index in [-0.39, 0.29) is 11.8 Å². The van der Waals surface area contributed by atoms with Crippen LogP contribution in [0, 0.1) is 0 Å². The summed E-state index contributed by atoms with van der Waals surface area (Å²) < 4.78 is 29.8. The summed E-state index contributed by atoms with van der Waals surface area (Å²) >= 11 is 0. The van der Waals surface area contributed by atoms with Gasteiger partial charge in [-0.05, 0) is 31.9 Å². The summed E-state index contributed by atoms with van der Waals surface area (Å²) in [6, 6.07) is 7.15. The largest absolute Gasteiger partial charge is 0.433 e. The summed E-state index contributed by atoms with van der Waals surface area (Å²) in [4.78, 5) is 6.57. The molecule has 2 N–H and O–H groups in total. The number of hydrogen-bond donors (Lipinski definition) is 2. The fourth-order valence-electron chi connectivity index (χ4n) is 2.75. The predicted molar refractivity (Wildman–Crippen MR) is 93.1 cm³/mol. The van der Waals surface area contributed by atoms with E-state index in [4.69, 9.17) is 0 Å². The van der Waals surface area contributed by atoms with Crippen molar-refractivity contribution in [3.63, 3.8) is 0 Å². The van der Waals surface area contributed by atoms with Crippen molar-refractivity contribution in [2.75, 3.05) is 31.1 Å². The van der Waals surface area contributed by atoms with Crippen LogP contribution in [0.1, 0.15) is 26.7 Å². The van der Waals surface area contributed by atoms with Crippen LogP contribution in [0.25, 0.3) is 0 Å². The zero-order chi connectivity index (χ0) is 17.4. The predicted octanol–water partition coefficient (Wildman–Crippen LogP) is 2.83. The standard InChI is InChI=1S/C17H26F2N4O/c1-3-10-21-17(20-4-2)22-13-9-11-23(12-13)14-7-5-6-8-15(14)24-16(18)19/h5-8,13,16H,3-4,9-12H2,1-2H3,(H2,20,21,22). The Labute approximate surface area is 142 Å². The minimum Gasteiger partial charge on any atom is -0.433 e. The Morgan fingerprint density at radius 1 is 1.38 bits per heavy atom. The van der Waals surface area contributed by atoms with E-state index in [0.717, 1.165) is 45.0 Å². The number of aliphatic imine (C=N–C) groups is 1. The third-order valence-corrected chi connectivity index (χ3v) is 3.79. The van der Waals surface area contributed by atoms with Crippen LogP contribution in [-0.4, -0.2) is 44.8 Å². The fourth-order valence-corrected chi connectivity index (χ4v) is 2.75. The summed E-state index contributed by atoms with van der Waals surface area (Å²) in [5.74, 6) is 1.03. The Hall–Kier alpha value is -2.05. The van der Waals surface area contributed by atoms with Crippen molar-refractivity contribution in [2.24, 2.45) is 4.99 Å². The first-order valence-corrected chi connectivity index (χ1v) is 8.47. The molecule has 0 bridgehead atoms. The number of nitrogens with one attached hydrogen (secondary N) is 2. The van der Waals surface area contributed by atoms with Gasteiger partial charge in [0.05, 0.1) is 5.69 Å². The van der Waals surface area contributed by atoms with Crippen LogP contribution in [0.2, 0.25) is 0 Å². The Balaban J connectivity index is 2.00. The van der Waals surface area contributed by atoms with Crippen LogP contribution in [0.5, 0.6) is 5.75 Å². The first-order valence-electron chi connectivity index (χ1n) is 8.47. The monoisotopic (exact) mass is 340 g/mol. The first-order chi connectivity index (χ1) is 11.6. The number of halogens is 2. The van der Waals surface area contributed by atoms with Gasteiger partial charge in [0.15, 0.2) is 5.96 Å². The summed E-state index contributed by atoms with van der Waals surface area (Å²) in [5.41, 5.74) is 0.706. The topological polar surface area (TPSA) is 48.9 Å². The van der Waals surface area contributed by atoms with Crippen molar-refractivity contribution in [3.8, 4) is 5.75 Å². The number of nitrogens with zero attached hydrogens (tertiary/aromatic N) is 2. The third kappa shape index (κ3) is 5.25. The van der Waals surface area contributed by atoms with Gasteiger partial charge in [0, 0.05) is 32.2 Å². The van der Waals surface area contributed by atoms with E-state index < -0.39 is 6.61 Å². The zero-order valence-electron chi connectivity index (χ0n) is 14.3. The number of benzene rings is 1. The molecule has 7 heteroatoms. The summed E-state index contributed by atoms with van der Waals surface area (Å²) in [6.45, 7) is 4.39. The highest BCUT2D eigenvalue weighted by molar-refractivity contribution is 5.80. The van der Waals surface area contributed by atoms with Crippen molar-refractivity contribution >= 4 is 11.6 Å². The number of anilines is 1. The molecule has 0 aromatic heterocycles. The molecule has 2 rings (SSSR count). The molecule has 0 aliphatic carbocycles. The van der Waals surface area contributed by atoms with Gasteiger partial charge in [-0.2, -0.15) is 8.78 Å². The Bertz CT molecular complexity index is 539. The van der Waals surface area contributed by atoms with Gasteiger partial charge < -0.3 is 20.3 Å². The van der Waals surface area contributed by atoms with Crippen LogP contribution in [0.4, 0.5) is 14.5 Å². The summed E-state index contributed by atoms with van der Waals surface area (Å²) in [6.07, 6.45) is 1.91. The van der Waals surface area contributed by atoms with Crippen molar-refractivity contribution in [1.82, 2.24) is 10.6 Å². The van der Waals surface area contributed by atoms with Crippen molar-refractivity contribution in [1.29, 1.82) is 0 Å². The quantitative estimate of drug-likeness (QED) is 0.592. The third-order valence-electron chi connectivity index (χ3n) is 3.79. The van der Waals surface area contributed by atoms with Gasteiger partial charge in [-0.3, -0.25) is 4.99 Å². The molecule has 1 aromatic rings. The van der Waals surface area contributed by atoms with E-state index in [1.807, 2.05) is 19.1 Å².